The Labute approximate surface area is 179 Å². The molecule has 1 saturated heterocycles. The summed E-state index contributed by atoms with van der Waals surface area (Å²) in [5, 5.41) is 2.80. The first-order valence-corrected chi connectivity index (χ1v) is 11.0. The number of nitrogens with zero attached hydrogens (tertiary/aromatic N) is 1. The summed E-state index contributed by atoms with van der Waals surface area (Å²) >= 11 is 7.70. The van der Waals surface area contributed by atoms with Gasteiger partial charge in [0.2, 0.25) is 5.91 Å². The molecule has 1 fully saturated rings. The topological polar surface area (TPSA) is 49.4 Å². The van der Waals surface area contributed by atoms with E-state index in [9.17, 15) is 14.0 Å². The highest BCUT2D eigenvalue weighted by atomic mass is 35.5. The molecule has 1 aliphatic heterocycles. The molecule has 0 aliphatic carbocycles. The van der Waals surface area contributed by atoms with E-state index in [0.29, 0.717) is 34.4 Å². The van der Waals surface area contributed by atoms with E-state index >= 15 is 0 Å². The van der Waals surface area contributed by atoms with Crippen LogP contribution in [0.2, 0.25) is 5.02 Å². The van der Waals surface area contributed by atoms with Crippen molar-refractivity contribution in [1.29, 1.82) is 0 Å². The van der Waals surface area contributed by atoms with E-state index in [2.05, 4.69) is 19.2 Å². The van der Waals surface area contributed by atoms with Crippen LogP contribution in [-0.4, -0.2) is 35.1 Å². The van der Waals surface area contributed by atoms with Crippen LogP contribution in [0.15, 0.2) is 48.5 Å². The molecule has 0 saturated carbocycles. The van der Waals surface area contributed by atoms with Crippen molar-refractivity contribution in [1.82, 2.24) is 10.2 Å². The number of nitrogens with one attached hydrogen (secondary N) is 1. The Morgan fingerprint density at radius 3 is 2.69 bits per heavy atom. The molecule has 1 aliphatic rings. The standard InChI is InChI=1S/C22H24ClFN2O2S/c1-14(2)10-11-25-20(27)19-13-29-22(15-6-5-7-16(24)12-15)26(19)21(28)17-8-3-4-9-18(17)23/h3-9,12,14,19,22H,10-11,13H2,1-2H3,(H,25,27). The summed E-state index contributed by atoms with van der Waals surface area (Å²) in [6.45, 7) is 4.73. The van der Waals surface area contributed by atoms with Crippen LogP contribution in [0.3, 0.4) is 0 Å². The Kier molecular flexibility index (Phi) is 7.19. The third-order valence-electron chi connectivity index (χ3n) is 4.80. The molecule has 7 heteroatoms. The van der Waals surface area contributed by atoms with E-state index < -0.39 is 11.4 Å². The molecule has 3 rings (SSSR count). The van der Waals surface area contributed by atoms with Crippen molar-refractivity contribution in [2.45, 2.75) is 31.7 Å². The van der Waals surface area contributed by atoms with Crippen LogP contribution in [-0.2, 0) is 4.79 Å². The zero-order valence-corrected chi connectivity index (χ0v) is 18.0. The van der Waals surface area contributed by atoms with Gasteiger partial charge in [0.25, 0.3) is 5.91 Å². The molecule has 29 heavy (non-hydrogen) atoms. The van der Waals surface area contributed by atoms with Crippen molar-refractivity contribution in [3.05, 3.63) is 70.5 Å². The van der Waals surface area contributed by atoms with E-state index in [1.807, 2.05) is 0 Å². The van der Waals surface area contributed by atoms with Crippen LogP contribution in [0.4, 0.5) is 4.39 Å². The van der Waals surface area contributed by atoms with E-state index in [1.165, 1.54) is 28.8 Å². The molecule has 1 heterocycles. The largest absolute Gasteiger partial charge is 0.354 e. The van der Waals surface area contributed by atoms with Gasteiger partial charge in [-0.25, -0.2) is 4.39 Å². The second kappa shape index (κ2) is 9.63. The van der Waals surface area contributed by atoms with Gasteiger partial charge in [0.15, 0.2) is 0 Å². The molecule has 2 unspecified atom stereocenters. The van der Waals surface area contributed by atoms with Gasteiger partial charge in [0.05, 0.1) is 10.6 Å². The van der Waals surface area contributed by atoms with Crippen molar-refractivity contribution in [2.24, 2.45) is 5.92 Å². The Morgan fingerprint density at radius 2 is 2.00 bits per heavy atom. The Hall–Kier alpha value is -2.05. The van der Waals surface area contributed by atoms with Crippen LogP contribution < -0.4 is 5.32 Å². The summed E-state index contributed by atoms with van der Waals surface area (Å²) in [7, 11) is 0. The molecule has 154 valence electrons. The third-order valence-corrected chi connectivity index (χ3v) is 6.45. The molecular formula is C22H24ClFN2O2S. The minimum absolute atomic E-state index is 0.197. The maximum absolute atomic E-state index is 13.8. The van der Waals surface area contributed by atoms with Crippen molar-refractivity contribution >= 4 is 35.2 Å². The molecule has 2 atom stereocenters. The molecule has 0 radical (unpaired) electrons. The number of halogens is 2. The summed E-state index contributed by atoms with van der Waals surface area (Å²) in [4.78, 5) is 27.8. The smallest absolute Gasteiger partial charge is 0.257 e. The molecule has 4 nitrogen and oxygen atoms in total. The van der Waals surface area contributed by atoms with E-state index in [-0.39, 0.29) is 17.6 Å². The minimum Gasteiger partial charge on any atom is -0.354 e. The zero-order chi connectivity index (χ0) is 21.0. The zero-order valence-electron chi connectivity index (χ0n) is 16.4. The number of thioether (sulfide) groups is 1. The number of hydrogen-bond donors (Lipinski definition) is 1. The summed E-state index contributed by atoms with van der Waals surface area (Å²) in [5.41, 5.74) is 0.978. The average Bonchev–Trinajstić information content (AvgIpc) is 3.12. The lowest BCUT2D eigenvalue weighted by Crippen LogP contribution is -2.48. The SMILES string of the molecule is CC(C)CCNC(=O)C1CSC(c2cccc(F)c2)N1C(=O)c1ccccc1Cl. The van der Waals surface area contributed by atoms with Gasteiger partial charge < -0.3 is 10.2 Å². The first-order chi connectivity index (χ1) is 13.9. The van der Waals surface area contributed by atoms with Gasteiger partial charge in [-0.3, -0.25) is 9.59 Å². The monoisotopic (exact) mass is 434 g/mol. The summed E-state index contributed by atoms with van der Waals surface area (Å²) in [6, 6.07) is 12.3. The molecule has 0 spiro atoms. The molecule has 2 amide bonds. The van der Waals surface area contributed by atoms with Gasteiger partial charge in [-0.15, -0.1) is 11.8 Å². The van der Waals surface area contributed by atoms with Crippen molar-refractivity contribution in [3.8, 4) is 0 Å². The van der Waals surface area contributed by atoms with Gasteiger partial charge in [-0.1, -0.05) is 49.7 Å². The predicted molar refractivity (Wildman–Crippen MR) is 115 cm³/mol. The number of benzene rings is 2. The lowest BCUT2D eigenvalue weighted by molar-refractivity contribution is -0.124. The number of amides is 2. The normalized spacial score (nSPS) is 18.9. The number of rotatable bonds is 6. The average molecular weight is 435 g/mol. The van der Waals surface area contributed by atoms with Crippen LogP contribution >= 0.6 is 23.4 Å². The predicted octanol–water partition coefficient (Wildman–Crippen LogP) is 4.90. The maximum Gasteiger partial charge on any atom is 0.257 e. The van der Waals surface area contributed by atoms with Gasteiger partial charge in [-0.2, -0.15) is 0 Å². The Balaban J connectivity index is 1.91. The molecule has 1 N–H and O–H groups in total. The van der Waals surface area contributed by atoms with Gasteiger partial charge in [0, 0.05) is 12.3 Å². The van der Waals surface area contributed by atoms with Crippen LogP contribution in [0.1, 0.15) is 41.6 Å². The van der Waals surface area contributed by atoms with Crippen LogP contribution in [0, 0.1) is 11.7 Å². The van der Waals surface area contributed by atoms with Crippen molar-refractivity contribution in [3.63, 3.8) is 0 Å². The molecule has 2 aromatic carbocycles. The highest BCUT2D eigenvalue weighted by molar-refractivity contribution is 7.99. The molecule has 2 aromatic rings. The van der Waals surface area contributed by atoms with Crippen molar-refractivity contribution < 1.29 is 14.0 Å². The number of carbonyl (C=O) groups excluding carboxylic acids is 2. The summed E-state index contributed by atoms with van der Waals surface area (Å²) < 4.78 is 13.8. The second-order valence-electron chi connectivity index (χ2n) is 7.42. The summed E-state index contributed by atoms with van der Waals surface area (Å²) in [6.07, 6.45) is 0.859. The van der Waals surface area contributed by atoms with Crippen LogP contribution in [0.25, 0.3) is 0 Å². The second-order valence-corrected chi connectivity index (χ2v) is 8.94. The number of carbonyl (C=O) groups is 2. The van der Waals surface area contributed by atoms with E-state index in [0.717, 1.165) is 6.42 Å². The first-order valence-electron chi connectivity index (χ1n) is 9.60. The van der Waals surface area contributed by atoms with Gasteiger partial charge in [0.1, 0.15) is 17.2 Å². The maximum atomic E-state index is 13.8. The Morgan fingerprint density at radius 1 is 1.24 bits per heavy atom. The lowest BCUT2D eigenvalue weighted by atomic mass is 10.1. The highest BCUT2D eigenvalue weighted by Crippen LogP contribution is 2.42. The Bertz CT molecular complexity index is 893. The summed E-state index contributed by atoms with van der Waals surface area (Å²) in [5.74, 6) is -0.00575. The van der Waals surface area contributed by atoms with Crippen LogP contribution in [0.5, 0.6) is 0 Å². The molecule has 0 bridgehead atoms. The fourth-order valence-corrected chi connectivity index (χ4v) is 4.88. The van der Waals surface area contributed by atoms with Gasteiger partial charge in [-0.05, 0) is 42.2 Å². The molecule has 0 aromatic heterocycles. The van der Waals surface area contributed by atoms with Crippen molar-refractivity contribution in [2.75, 3.05) is 12.3 Å². The van der Waals surface area contributed by atoms with Gasteiger partial charge >= 0.3 is 0 Å². The fourth-order valence-electron chi connectivity index (χ4n) is 3.25. The quantitative estimate of drug-likeness (QED) is 0.703. The fraction of sp³-hybridized carbons (Fsp3) is 0.364. The van der Waals surface area contributed by atoms with E-state index in [1.54, 1.807) is 36.4 Å². The molecular weight excluding hydrogens is 411 g/mol. The number of hydrogen-bond acceptors (Lipinski definition) is 3. The highest BCUT2D eigenvalue weighted by Gasteiger charge is 2.43. The third kappa shape index (κ3) is 5.11. The first kappa shape index (κ1) is 21.7. The lowest BCUT2D eigenvalue weighted by Gasteiger charge is -2.29. The minimum atomic E-state index is -0.649. The van der Waals surface area contributed by atoms with E-state index in [4.69, 9.17) is 11.6 Å².